The number of aryl methyl sites for hydroxylation is 1. The molecule has 140 valence electrons. The van der Waals surface area contributed by atoms with Crippen LogP contribution in [0.1, 0.15) is 36.2 Å². The maximum Gasteiger partial charge on any atom is 0.252 e. The SMILES string of the molecule is Cc1ccc(S(=O)(=O)N2CCC[C@H](C(=O)N[C@H](C)c3ccccc3)C2)s1. The van der Waals surface area contributed by atoms with E-state index in [1.807, 2.05) is 50.2 Å². The molecule has 1 saturated heterocycles. The smallest absolute Gasteiger partial charge is 0.252 e. The topological polar surface area (TPSA) is 66.5 Å². The lowest BCUT2D eigenvalue weighted by Crippen LogP contribution is -2.45. The van der Waals surface area contributed by atoms with Crippen LogP contribution in [0.2, 0.25) is 0 Å². The minimum absolute atomic E-state index is 0.0800. The first-order valence-corrected chi connectivity index (χ1v) is 11.1. The summed E-state index contributed by atoms with van der Waals surface area (Å²) in [6, 6.07) is 13.1. The summed E-state index contributed by atoms with van der Waals surface area (Å²) in [6.07, 6.45) is 1.41. The van der Waals surface area contributed by atoms with Crippen LogP contribution >= 0.6 is 11.3 Å². The first-order chi connectivity index (χ1) is 12.4. The van der Waals surface area contributed by atoms with Crippen molar-refractivity contribution in [2.75, 3.05) is 13.1 Å². The van der Waals surface area contributed by atoms with Crippen molar-refractivity contribution < 1.29 is 13.2 Å². The fourth-order valence-electron chi connectivity index (χ4n) is 3.21. The monoisotopic (exact) mass is 392 g/mol. The van der Waals surface area contributed by atoms with Crippen molar-refractivity contribution in [3.63, 3.8) is 0 Å². The third kappa shape index (κ3) is 4.16. The van der Waals surface area contributed by atoms with Gasteiger partial charge in [-0.05, 0) is 44.4 Å². The molecule has 1 aliphatic heterocycles. The molecule has 0 unspecified atom stereocenters. The van der Waals surface area contributed by atoms with Crippen molar-refractivity contribution >= 4 is 27.3 Å². The second-order valence-electron chi connectivity index (χ2n) is 6.71. The first-order valence-electron chi connectivity index (χ1n) is 8.80. The average molecular weight is 393 g/mol. The molecule has 2 atom stereocenters. The molecule has 3 rings (SSSR count). The van der Waals surface area contributed by atoms with Crippen molar-refractivity contribution in [1.29, 1.82) is 0 Å². The second-order valence-corrected chi connectivity index (χ2v) is 10.2. The van der Waals surface area contributed by atoms with Gasteiger partial charge in [0.15, 0.2) is 0 Å². The zero-order valence-corrected chi connectivity index (χ0v) is 16.6. The van der Waals surface area contributed by atoms with Gasteiger partial charge in [0.25, 0.3) is 10.0 Å². The normalized spacial score (nSPS) is 19.8. The summed E-state index contributed by atoms with van der Waals surface area (Å²) in [5.41, 5.74) is 1.04. The van der Waals surface area contributed by atoms with Gasteiger partial charge in [-0.25, -0.2) is 8.42 Å². The van der Waals surface area contributed by atoms with Gasteiger partial charge in [-0.2, -0.15) is 4.31 Å². The average Bonchev–Trinajstić information content (AvgIpc) is 3.10. The summed E-state index contributed by atoms with van der Waals surface area (Å²) in [7, 11) is -3.52. The van der Waals surface area contributed by atoms with Crippen LogP contribution in [0.4, 0.5) is 0 Å². The Morgan fingerprint density at radius 1 is 1.23 bits per heavy atom. The van der Waals surface area contributed by atoms with E-state index < -0.39 is 10.0 Å². The third-order valence-corrected chi connectivity index (χ3v) is 8.06. The Morgan fingerprint density at radius 2 is 1.96 bits per heavy atom. The van der Waals surface area contributed by atoms with Crippen molar-refractivity contribution in [2.24, 2.45) is 5.92 Å². The number of hydrogen-bond donors (Lipinski definition) is 1. The molecule has 26 heavy (non-hydrogen) atoms. The summed E-state index contributed by atoms with van der Waals surface area (Å²) in [5, 5.41) is 3.02. The molecule has 1 aliphatic rings. The Hall–Kier alpha value is -1.70. The van der Waals surface area contributed by atoms with Crippen LogP contribution in [-0.4, -0.2) is 31.7 Å². The minimum atomic E-state index is -3.52. The largest absolute Gasteiger partial charge is 0.349 e. The number of thiophene rings is 1. The summed E-state index contributed by atoms with van der Waals surface area (Å²) in [5.74, 6) is -0.394. The third-order valence-electron chi connectivity index (χ3n) is 4.72. The maximum atomic E-state index is 12.8. The minimum Gasteiger partial charge on any atom is -0.349 e. The standard InChI is InChI=1S/C19H24N2O3S2/c1-14-10-11-18(25-14)26(23,24)21-12-6-9-17(13-21)19(22)20-15(2)16-7-4-3-5-8-16/h3-5,7-8,10-11,15,17H,6,9,12-13H2,1-2H3,(H,20,22)/t15-,17+/m1/s1. The van der Waals surface area contributed by atoms with E-state index in [2.05, 4.69) is 5.32 Å². The Labute approximate surface area is 159 Å². The molecule has 5 nitrogen and oxygen atoms in total. The van der Waals surface area contributed by atoms with Crippen LogP contribution in [0, 0.1) is 12.8 Å². The van der Waals surface area contributed by atoms with E-state index in [1.54, 1.807) is 6.07 Å². The number of nitrogens with zero attached hydrogens (tertiary/aromatic N) is 1. The Kier molecular flexibility index (Phi) is 5.79. The molecule has 0 radical (unpaired) electrons. The molecule has 0 aliphatic carbocycles. The predicted molar refractivity (Wildman–Crippen MR) is 104 cm³/mol. The second kappa shape index (κ2) is 7.90. The lowest BCUT2D eigenvalue weighted by molar-refractivity contribution is -0.126. The van der Waals surface area contributed by atoms with Gasteiger partial charge in [-0.3, -0.25) is 4.79 Å². The van der Waals surface area contributed by atoms with Crippen LogP contribution in [0.5, 0.6) is 0 Å². The van der Waals surface area contributed by atoms with Gasteiger partial charge in [0.05, 0.1) is 12.0 Å². The van der Waals surface area contributed by atoms with E-state index in [4.69, 9.17) is 0 Å². The number of piperidine rings is 1. The number of sulfonamides is 1. The van der Waals surface area contributed by atoms with Gasteiger partial charge in [0, 0.05) is 18.0 Å². The summed E-state index contributed by atoms with van der Waals surface area (Å²) in [4.78, 5) is 13.6. The van der Waals surface area contributed by atoms with Gasteiger partial charge in [-0.1, -0.05) is 30.3 Å². The molecule has 1 aromatic heterocycles. The Bertz CT molecular complexity index is 862. The van der Waals surface area contributed by atoms with Gasteiger partial charge in [0.1, 0.15) is 4.21 Å². The van der Waals surface area contributed by atoms with Crippen molar-refractivity contribution in [2.45, 2.75) is 36.9 Å². The van der Waals surface area contributed by atoms with Crippen molar-refractivity contribution in [3.05, 3.63) is 52.9 Å². The number of carbonyl (C=O) groups excluding carboxylic acids is 1. The molecule has 2 aromatic rings. The highest BCUT2D eigenvalue weighted by molar-refractivity contribution is 7.91. The van der Waals surface area contributed by atoms with Gasteiger partial charge >= 0.3 is 0 Å². The fourth-order valence-corrected chi connectivity index (χ4v) is 6.17. The molecule has 0 bridgehead atoms. The Balaban J connectivity index is 1.67. The first kappa shape index (κ1) is 19.1. The summed E-state index contributed by atoms with van der Waals surface area (Å²) >= 11 is 1.28. The van der Waals surface area contributed by atoms with E-state index in [1.165, 1.54) is 15.6 Å². The van der Waals surface area contributed by atoms with Crippen molar-refractivity contribution in [1.82, 2.24) is 9.62 Å². The van der Waals surface area contributed by atoms with Crippen LogP contribution in [-0.2, 0) is 14.8 Å². The van der Waals surface area contributed by atoms with Gasteiger partial charge < -0.3 is 5.32 Å². The van der Waals surface area contributed by atoms with Crippen LogP contribution < -0.4 is 5.32 Å². The lowest BCUT2D eigenvalue weighted by atomic mass is 9.98. The number of carbonyl (C=O) groups is 1. The number of amides is 1. The zero-order valence-electron chi connectivity index (χ0n) is 15.0. The molecule has 1 fully saturated rings. The van der Waals surface area contributed by atoms with E-state index in [9.17, 15) is 13.2 Å². The van der Waals surface area contributed by atoms with E-state index in [-0.39, 0.29) is 24.4 Å². The highest BCUT2D eigenvalue weighted by Crippen LogP contribution is 2.28. The molecule has 1 aromatic carbocycles. The van der Waals surface area contributed by atoms with Crippen LogP contribution in [0.25, 0.3) is 0 Å². The lowest BCUT2D eigenvalue weighted by Gasteiger charge is -2.31. The summed E-state index contributed by atoms with van der Waals surface area (Å²) in [6.45, 7) is 4.55. The molecule has 7 heteroatoms. The fraction of sp³-hybridized carbons (Fsp3) is 0.421. The van der Waals surface area contributed by atoms with Crippen molar-refractivity contribution in [3.8, 4) is 0 Å². The molecule has 2 heterocycles. The quantitative estimate of drug-likeness (QED) is 0.849. The highest BCUT2D eigenvalue weighted by atomic mass is 32.2. The number of benzene rings is 1. The van der Waals surface area contributed by atoms with E-state index in [0.717, 1.165) is 10.4 Å². The van der Waals surface area contributed by atoms with Crippen LogP contribution in [0.3, 0.4) is 0 Å². The maximum absolute atomic E-state index is 12.8. The van der Waals surface area contributed by atoms with Gasteiger partial charge in [0.2, 0.25) is 5.91 Å². The molecule has 0 spiro atoms. The molecular formula is C19H24N2O3S2. The molecule has 1 N–H and O–H groups in total. The van der Waals surface area contributed by atoms with Crippen LogP contribution in [0.15, 0.2) is 46.7 Å². The molecule has 1 amide bonds. The van der Waals surface area contributed by atoms with E-state index >= 15 is 0 Å². The molecule has 0 saturated carbocycles. The molecular weight excluding hydrogens is 368 g/mol. The summed E-state index contributed by atoms with van der Waals surface area (Å²) < 4.78 is 27.4. The predicted octanol–water partition coefficient (Wildman–Crippen LogP) is 3.33. The number of hydrogen-bond acceptors (Lipinski definition) is 4. The number of rotatable bonds is 5. The number of nitrogens with one attached hydrogen (secondary N) is 1. The highest BCUT2D eigenvalue weighted by Gasteiger charge is 2.34. The Morgan fingerprint density at radius 3 is 2.62 bits per heavy atom. The zero-order chi connectivity index (χ0) is 18.7. The van der Waals surface area contributed by atoms with Gasteiger partial charge in [-0.15, -0.1) is 11.3 Å². The van der Waals surface area contributed by atoms with E-state index in [0.29, 0.717) is 23.6 Å².